The molecule has 0 aliphatic carbocycles. The molecule has 7 heteroatoms. The zero-order valence-electron chi connectivity index (χ0n) is 12.6. The molecule has 0 saturated carbocycles. The maximum Gasteiger partial charge on any atom is 0.337 e. The molecule has 0 spiro atoms. The molecular formula is C16H18BrN3O3. The van der Waals surface area contributed by atoms with Crippen LogP contribution < -0.4 is 5.32 Å². The fourth-order valence-corrected chi connectivity index (χ4v) is 3.08. The Hall–Kier alpha value is -1.91. The normalized spacial score (nSPS) is 18.2. The van der Waals surface area contributed by atoms with Crippen molar-refractivity contribution < 1.29 is 14.7 Å². The summed E-state index contributed by atoms with van der Waals surface area (Å²) in [5, 5.41) is 20.6. The van der Waals surface area contributed by atoms with Crippen LogP contribution in [0.5, 0.6) is 0 Å². The topological polar surface area (TPSA) is 93.4 Å². The van der Waals surface area contributed by atoms with Gasteiger partial charge in [-0.3, -0.25) is 4.79 Å². The number of likely N-dealkylation sites (tertiary alicyclic amines) is 1. The van der Waals surface area contributed by atoms with Gasteiger partial charge >= 0.3 is 5.97 Å². The molecule has 1 amide bonds. The van der Waals surface area contributed by atoms with E-state index in [0.29, 0.717) is 29.7 Å². The molecule has 1 aromatic carbocycles. The highest BCUT2D eigenvalue weighted by molar-refractivity contribution is 9.10. The Bertz CT molecular complexity index is 642. The highest BCUT2D eigenvalue weighted by Crippen LogP contribution is 2.24. The van der Waals surface area contributed by atoms with E-state index in [4.69, 9.17) is 5.26 Å². The molecule has 1 aromatic rings. The number of nitrogens with zero attached hydrogens (tertiary/aromatic N) is 2. The van der Waals surface area contributed by atoms with E-state index in [1.807, 2.05) is 0 Å². The zero-order valence-corrected chi connectivity index (χ0v) is 14.2. The second kappa shape index (κ2) is 8.09. The second-order valence-corrected chi connectivity index (χ2v) is 6.45. The summed E-state index contributed by atoms with van der Waals surface area (Å²) in [6, 6.07) is 6.86. The first-order valence-electron chi connectivity index (χ1n) is 7.44. The average molecular weight is 380 g/mol. The largest absolute Gasteiger partial charge is 0.478 e. The molecule has 1 saturated heterocycles. The van der Waals surface area contributed by atoms with Crippen molar-refractivity contribution in [3.63, 3.8) is 0 Å². The molecule has 1 aliphatic heterocycles. The molecular weight excluding hydrogens is 362 g/mol. The van der Waals surface area contributed by atoms with Crippen molar-refractivity contribution in [2.45, 2.75) is 19.3 Å². The quantitative estimate of drug-likeness (QED) is 0.819. The third kappa shape index (κ3) is 4.78. The predicted molar refractivity (Wildman–Crippen MR) is 89.1 cm³/mol. The van der Waals surface area contributed by atoms with Crippen LogP contribution in [0.2, 0.25) is 0 Å². The van der Waals surface area contributed by atoms with Gasteiger partial charge in [0, 0.05) is 24.0 Å². The van der Waals surface area contributed by atoms with Crippen molar-refractivity contribution in [3.8, 4) is 6.07 Å². The van der Waals surface area contributed by atoms with Crippen LogP contribution in [0, 0.1) is 17.2 Å². The fourth-order valence-electron chi connectivity index (χ4n) is 2.72. The van der Waals surface area contributed by atoms with E-state index in [2.05, 4.69) is 32.2 Å². The van der Waals surface area contributed by atoms with Crippen LogP contribution in [0.25, 0.3) is 0 Å². The number of anilines is 1. The molecule has 2 N–H and O–H groups in total. The summed E-state index contributed by atoms with van der Waals surface area (Å²) in [5.74, 6) is -1.44. The van der Waals surface area contributed by atoms with Gasteiger partial charge in [0.2, 0.25) is 5.91 Å². The van der Waals surface area contributed by atoms with Gasteiger partial charge < -0.3 is 15.3 Å². The van der Waals surface area contributed by atoms with Gasteiger partial charge in [-0.15, -0.1) is 0 Å². The molecule has 1 unspecified atom stereocenters. The maximum atomic E-state index is 12.4. The van der Waals surface area contributed by atoms with E-state index in [0.717, 1.165) is 19.4 Å². The highest BCUT2D eigenvalue weighted by Gasteiger charge is 2.26. The first-order chi connectivity index (χ1) is 11.0. The van der Waals surface area contributed by atoms with Gasteiger partial charge in [0.1, 0.15) is 0 Å². The standard InChI is InChI=1S/C16H18BrN3O3/c17-12-4-5-14(13(9-12)16(22)23)19-15(21)11-3-1-7-20(10-11)8-2-6-18/h4-5,9,11H,1-3,7-8,10H2,(H,19,21)(H,22,23). The number of piperidine rings is 1. The maximum absolute atomic E-state index is 12.4. The van der Waals surface area contributed by atoms with E-state index in [1.165, 1.54) is 6.07 Å². The molecule has 1 atom stereocenters. The predicted octanol–water partition coefficient (Wildman–Crippen LogP) is 2.71. The minimum atomic E-state index is -1.08. The van der Waals surface area contributed by atoms with Crippen molar-refractivity contribution in [1.29, 1.82) is 5.26 Å². The number of carbonyl (C=O) groups is 2. The van der Waals surface area contributed by atoms with Crippen molar-refractivity contribution in [3.05, 3.63) is 28.2 Å². The molecule has 122 valence electrons. The third-order valence-electron chi connectivity index (χ3n) is 3.89. The number of hydrogen-bond acceptors (Lipinski definition) is 4. The Labute approximate surface area is 143 Å². The van der Waals surface area contributed by atoms with Gasteiger partial charge in [0.05, 0.1) is 23.2 Å². The SMILES string of the molecule is N#CCCN1CCCC(C(=O)Nc2ccc(Br)cc2C(=O)O)C1. The van der Waals surface area contributed by atoms with Crippen LogP contribution in [0.1, 0.15) is 29.6 Å². The van der Waals surface area contributed by atoms with E-state index >= 15 is 0 Å². The fraction of sp³-hybridized carbons (Fsp3) is 0.438. The number of benzene rings is 1. The number of carbonyl (C=O) groups excluding carboxylic acids is 1. The minimum Gasteiger partial charge on any atom is -0.478 e. The number of nitriles is 1. The smallest absolute Gasteiger partial charge is 0.337 e. The van der Waals surface area contributed by atoms with Crippen molar-refractivity contribution in [1.82, 2.24) is 4.90 Å². The van der Waals surface area contributed by atoms with Crippen LogP contribution in [0.15, 0.2) is 22.7 Å². The number of hydrogen-bond donors (Lipinski definition) is 2. The molecule has 0 radical (unpaired) electrons. The van der Waals surface area contributed by atoms with Gasteiger partial charge in [0.25, 0.3) is 0 Å². The molecule has 1 aliphatic rings. The first kappa shape index (κ1) is 17.4. The van der Waals surface area contributed by atoms with E-state index in [-0.39, 0.29) is 17.4 Å². The van der Waals surface area contributed by atoms with Crippen LogP contribution in [-0.2, 0) is 4.79 Å². The summed E-state index contributed by atoms with van der Waals surface area (Å²) in [6.07, 6.45) is 2.12. The Morgan fingerprint density at radius 1 is 1.48 bits per heavy atom. The van der Waals surface area contributed by atoms with E-state index < -0.39 is 5.97 Å². The molecule has 23 heavy (non-hydrogen) atoms. The summed E-state index contributed by atoms with van der Waals surface area (Å²) < 4.78 is 0.647. The lowest BCUT2D eigenvalue weighted by atomic mass is 9.96. The number of nitrogens with one attached hydrogen (secondary N) is 1. The van der Waals surface area contributed by atoms with E-state index in [1.54, 1.807) is 12.1 Å². The molecule has 6 nitrogen and oxygen atoms in total. The number of aromatic carboxylic acids is 1. The molecule has 1 fully saturated rings. The lowest BCUT2D eigenvalue weighted by Crippen LogP contribution is -2.41. The first-order valence-corrected chi connectivity index (χ1v) is 8.23. The molecule has 0 aromatic heterocycles. The summed E-state index contributed by atoms with van der Waals surface area (Å²) in [7, 11) is 0. The monoisotopic (exact) mass is 379 g/mol. The second-order valence-electron chi connectivity index (χ2n) is 5.53. The number of halogens is 1. The lowest BCUT2D eigenvalue weighted by molar-refractivity contribution is -0.121. The molecule has 0 bridgehead atoms. The number of carboxylic acids is 1. The summed E-state index contributed by atoms with van der Waals surface area (Å²) in [4.78, 5) is 25.8. The van der Waals surface area contributed by atoms with Gasteiger partial charge in [0.15, 0.2) is 0 Å². The zero-order chi connectivity index (χ0) is 16.8. The van der Waals surface area contributed by atoms with Gasteiger partial charge in [-0.25, -0.2) is 4.79 Å². The summed E-state index contributed by atoms with van der Waals surface area (Å²) in [6.45, 7) is 2.16. The van der Waals surface area contributed by atoms with Crippen LogP contribution >= 0.6 is 15.9 Å². The average Bonchev–Trinajstić information content (AvgIpc) is 2.54. The Kier molecular flexibility index (Phi) is 6.13. The van der Waals surface area contributed by atoms with Crippen molar-refractivity contribution in [2.75, 3.05) is 25.0 Å². The molecule has 1 heterocycles. The minimum absolute atomic E-state index is 0.0601. The van der Waals surface area contributed by atoms with Crippen LogP contribution in [0.4, 0.5) is 5.69 Å². The van der Waals surface area contributed by atoms with Gasteiger partial charge in [-0.2, -0.15) is 5.26 Å². The van der Waals surface area contributed by atoms with Crippen molar-refractivity contribution >= 4 is 33.5 Å². The van der Waals surface area contributed by atoms with Gasteiger partial charge in [-0.1, -0.05) is 15.9 Å². The Morgan fingerprint density at radius 2 is 2.26 bits per heavy atom. The number of amides is 1. The summed E-state index contributed by atoms with van der Waals surface area (Å²) in [5.41, 5.74) is 0.365. The van der Waals surface area contributed by atoms with E-state index in [9.17, 15) is 14.7 Å². The lowest BCUT2D eigenvalue weighted by Gasteiger charge is -2.31. The highest BCUT2D eigenvalue weighted by atomic mass is 79.9. The molecule has 2 rings (SSSR count). The van der Waals surface area contributed by atoms with Crippen LogP contribution in [-0.4, -0.2) is 41.5 Å². The van der Waals surface area contributed by atoms with Gasteiger partial charge in [-0.05, 0) is 37.6 Å². The third-order valence-corrected chi connectivity index (χ3v) is 4.38. The summed E-state index contributed by atoms with van der Waals surface area (Å²) >= 11 is 3.23. The Balaban J connectivity index is 2.04. The number of rotatable bonds is 5. The Morgan fingerprint density at radius 3 is 2.96 bits per heavy atom. The van der Waals surface area contributed by atoms with Crippen molar-refractivity contribution in [2.24, 2.45) is 5.92 Å². The number of carboxylic acid groups (broad SMARTS) is 1. The van der Waals surface area contributed by atoms with Crippen LogP contribution in [0.3, 0.4) is 0 Å².